The molecule has 2 aromatic rings. The third kappa shape index (κ3) is 7.08. The summed E-state index contributed by atoms with van der Waals surface area (Å²) in [6.45, 7) is 6.37. The Morgan fingerprint density at radius 1 is 1.18 bits per heavy atom. The molecule has 10 heteroatoms. The summed E-state index contributed by atoms with van der Waals surface area (Å²) in [5.41, 5.74) is 2.34. The lowest BCUT2D eigenvalue weighted by Gasteiger charge is -2.31. The van der Waals surface area contributed by atoms with Crippen molar-refractivity contribution in [1.29, 1.82) is 0 Å². The highest BCUT2D eigenvalue weighted by Gasteiger charge is 2.34. The maximum absolute atomic E-state index is 13.7. The molecule has 38 heavy (non-hydrogen) atoms. The highest BCUT2D eigenvalue weighted by atomic mass is 19.1. The van der Waals surface area contributed by atoms with Gasteiger partial charge in [-0.2, -0.15) is 5.10 Å². The Kier molecular flexibility index (Phi) is 9.67. The van der Waals surface area contributed by atoms with Gasteiger partial charge < -0.3 is 19.7 Å². The number of hydrogen-bond acceptors (Lipinski definition) is 6. The van der Waals surface area contributed by atoms with E-state index in [-0.39, 0.29) is 24.3 Å². The molecular weight excluding hydrogens is 489 g/mol. The van der Waals surface area contributed by atoms with Crippen LogP contribution < -0.4 is 10.1 Å². The number of benzene rings is 2. The van der Waals surface area contributed by atoms with Crippen LogP contribution >= 0.6 is 0 Å². The molecule has 0 aromatic heterocycles. The molecule has 3 amide bonds. The molecule has 2 aliphatic heterocycles. The Hall–Kier alpha value is -3.50. The third-order valence-corrected chi connectivity index (χ3v) is 6.75. The van der Waals surface area contributed by atoms with E-state index < -0.39 is 6.04 Å². The Bertz CT molecular complexity index is 1120. The summed E-state index contributed by atoms with van der Waals surface area (Å²) in [7, 11) is 1.60. The highest BCUT2D eigenvalue weighted by Crippen LogP contribution is 2.33. The molecule has 1 fully saturated rings. The van der Waals surface area contributed by atoms with Gasteiger partial charge in [-0.25, -0.2) is 14.2 Å². The van der Waals surface area contributed by atoms with Gasteiger partial charge in [0.05, 0.1) is 32.1 Å². The van der Waals surface area contributed by atoms with Gasteiger partial charge in [-0.1, -0.05) is 31.2 Å². The maximum Gasteiger partial charge on any atom is 0.317 e. The summed E-state index contributed by atoms with van der Waals surface area (Å²) >= 11 is 0. The van der Waals surface area contributed by atoms with Crippen LogP contribution in [0, 0.1) is 5.82 Å². The van der Waals surface area contributed by atoms with Gasteiger partial charge in [-0.15, -0.1) is 0 Å². The van der Waals surface area contributed by atoms with Crippen molar-refractivity contribution < 1.29 is 23.5 Å². The number of ether oxygens (including phenoxy) is 2. The molecular formula is C28H36FN5O4. The molecule has 2 heterocycles. The lowest BCUT2D eigenvalue weighted by atomic mass is 9.98. The molecule has 1 N–H and O–H groups in total. The molecule has 0 bridgehead atoms. The first-order chi connectivity index (χ1) is 18.5. The Morgan fingerprint density at radius 3 is 2.66 bits per heavy atom. The van der Waals surface area contributed by atoms with Gasteiger partial charge in [-0.05, 0) is 36.2 Å². The second kappa shape index (κ2) is 13.3. The second-order valence-corrected chi connectivity index (χ2v) is 9.40. The zero-order chi connectivity index (χ0) is 26.9. The fourth-order valence-electron chi connectivity index (χ4n) is 4.58. The molecule has 4 rings (SSSR count). The summed E-state index contributed by atoms with van der Waals surface area (Å²) in [6.07, 6.45) is 1.25. The van der Waals surface area contributed by atoms with Crippen LogP contribution in [0.4, 0.5) is 9.18 Å². The maximum atomic E-state index is 13.7. The summed E-state index contributed by atoms with van der Waals surface area (Å²) in [5.74, 6) is 0.0430. The zero-order valence-electron chi connectivity index (χ0n) is 22.1. The number of hydrazone groups is 1. The van der Waals surface area contributed by atoms with Gasteiger partial charge in [0, 0.05) is 44.7 Å². The lowest BCUT2D eigenvalue weighted by molar-refractivity contribution is -0.133. The van der Waals surface area contributed by atoms with Gasteiger partial charge in [0.1, 0.15) is 18.1 Å². The number of rotatable bonds is 10. The van der Waals surface area contributed by atoms with Crippen molar-refractivity contribution in [3.05, 3.63) is 65.5 Å². The average molecular weight is 526 g/mol. The van der Waals surface area contributed by atoms with E-state index in [1.807, 2.05) is 31.2 Å². The van der Waals surface area contributed by atoms with Crippen LogP contribution in [0.2, 0.25) is 0 Å². The smallest absolute Gasteiger partial charge is 0.317 e. The topological polar surface area (TPSA) is 86.7 Å². The van der Waals surface area contributed by atoms with Gasteiger partial charge in [0.25, 0.3) is 5.91 Å². The predicted molar refractivity (Wildman–Crippen MR) is 143 cm³/mol. The van der Waals surface area contributed by atoms with Crippen LogP contribution in [-0.2, 0) is 9.53 Å². The first-order valence-corrected chi connectivity index (χ1v) is 13.1. The highest BCUT2D eigenvalue weighted by molar-refractivity contribution is 6.03. The number of nitrogens with one attached hydrogen (secondary N) is 1. The molecule has 0 spiro atoms. The SMILES string of the molecule is CCCNC(=O)N(CCN1CCOCC1)CC(=O)N1N=C(c2cccc(OC)c2)C[C@H]1c1ccc(F)cc1. The third-order valence-electron chi connectivity index (χ3n) is 6.75. The largest absolute Gasteiger partial charge is 0.497 e. The number of halogens is 1. The predicted octanol–water partition coefficient (Wildman–Crippen LogP) is 3.27. The Morgan fingerprint density at radius 2 is 1.95 bits per heavy atom. The number of carbonyl (C=O) groups is 2. The van der Waals surface area contributed by atoms with Crippen LogP contribution in [0.15, 0.2) is 53.6 Å². The molecule has 1 atom stereocenters. The normalized spacial score (nSPS) is 17.7. The van der Waals surface area contributed by atoms with Gasteiger partial charge in [0.15, 0.2) is 0 Å². The molecule has 2 aromatic carbocycles. The van der Waals surface area contributed by atoms with Crippen LogP contribution in [-0.4, -0.2) is 92.1 Å². The van der Waals surface area contributed by atoms with Gasteiger partial charge in [-0.3, -0.25) is 9.69 Å². The minimum atomic E-state index is -0.413. The van der Waals surface area contributed by atoms with Crippen molar-refractivity contribution in [1.82, 2.24) is 20.1 Å². The number of carbonyl (C=O) groups excluding carboxylic acids is 2. The quantitative estimate of drug-likeness (QED) is 0.515. The van der Waals surface area contributed by atoms with E-state index >= 15 is 0 Å². The van der Waals surface area contributed by atoms with E-state index in [4.69, 9.17) is 14.6 Å². The van der Waals surface area contributed by atoms with E-state index in [9.17, 15) is 14.0 Å². The van der Waals surface area contributed by atoms with Crippen LogP contribution in [0.3, 0.4) is 0 Å². The number of amides is 3. The first-order valence-electron chi connectivity index (χ1n) is 13.1. The summed E-state index contributed by atoms with van der Waals surface area (Å²) in [5, 5.41) is 9.04. The minimum Gasteiger partial charge on any atom is -0.497 e. The number of morpholine rings is 1. The molecule has 204 valence electrons. The monoisotopic (exact) mass is 525 g/mol. The van der Waals surface area contributed by atoms with E-state index in [1.54, 1.807) is 24.1 Å². The number of hydrogen-bond donors (Lipinski definition) is 1. The molecule has 0 aliphatic carbocycles. The number of urea groups is 1. The zero-order valence-corrected chi connectivity index (χ0v) is 22.1. The molecule has 0 saturated carbocycles. The first kappa shape index (κ1) is 27.5. The number of methoxy groups -OCH3 is 1. The van der Waals surface area contributed by atoms with E-state index in [1.165, 1.54) is 17.1 Å². The van der Waals surface area contributed by atoms with Crippen LogP contribution in [0.5, 0.6) is 5.75 Å². The summed E-state index contributed by atoms with van der Waals surface area (Å²) in [6, 6.07) is 12.9. The fourth-order valence-corrected chi connectivity index (χ4v) is 4.58. The van der Waals surface area contributed by atoms with Crippen molar-refractivity contribution in [2.45, 2.75) is 25.8 Å². The summed E-state index contributed by atoms with van der Waals surface area (Å²) < 4.78 is 24.5. The Balaban J connectivity index is 1.56. The van der Waals surface area contributed by atoms with Gasteiger partial charge in [0.2, 0.25) is 0 Å². The van der Waals surface area contributed by atoms with E-state index in [2.05, 4.69) is 10.2 Å². The molecule has 1 saturated heterocycles. The second-order valence-electron chi connectivity index (χ2n) is 9.40. The molecule has 9 nitrogen and oxygen atoms in total. The van der Waals surface area contributed by atoms with Crippen molar-refractivity contribution in [2.75, 3.05) is 59.6 Å². The summed E-state index contributed by atoms with van der Waals surface area (Å²) in [4.78, 5) is 30.5. The molecule has 2 aliphatic rings. The Labute approximate surface area is 223 Å². The van der Waals surface area contributed by atoms with Gasteiger partial charge >= 0.3 is 6.03 Å². The number of nitrogens with zero attached hydrogens (tertiary/aromatic N) is 4. The van der Waals surface area contributed by atoms with Crippen molar-refractivity contribution in [3.63, 3.8) is 0 Å². The van der Waals surface area contributed by atoms with Crippen molar-refractivity contribution in [3.8, 4) is 5.75 Å². The van der Waals surface area contributed by atoms with Crippen LogP contribution in [0.1, 0.15) is 36.9 Å². The molecule has 0 unspecified atom stereocenters. The average Bonchev–Trinajstić information content (AvgIpc) is 3.40. The van der Waals surface area contributed by atoms with Crippen LogP contribution in [0.25, 0.3) is 0 Å². The van der Waals surface area contributed by atoms with Crippen molar-refractivity contribution >= 4 is 17.6 Å². The standard InChI is InChI=1S/C28H36FN5O4/c1-3-11-30-28(36)33(13-12-32-14-16-38-17-15-32)20-27(35)34-26(21-7-9-23(29)10-8-21)19-25(31-34)22-5-4-6-24(18-22)37-2/h4-10,18,26H,3,11-17,19-20H2,1-2H3,(H,30,36)/t26-/m0/s1. The minimum absolute atomic E-state index is 0.119. The lowest BCUT2D eigenvalue weighted by Crippen LogP contribution is -2.49. The van der Waals surface area contributed by atoms with Crippen molar-refractivity contribution in [2.24, 2.45) is 5.10 Å². The molecule has 0 radical (unpaired) electrons. The fraction of sp³-hybridized carbons (Fsp3) is 0.464. The van der Waals surface area contributed by atoms with E-state index in [0.29, 0.717) is 45.0 Å². The van der Waals surface area contributed by atoms with E-state index in [0.717, 1.165) is 36.3 Å².